The average molecular weight is 426 g/mol. The van der Waals surface area contributed by atoms with Crippen LogP contribution in [-0.4, -0.2) is 30.1 Å². The van der Waals surface area contributed by atoms with Gasteiger partial charge in [-0.05, 0) is 57.2 Å². The first-order valence-electron chi connectivity index (χ1n) is 11.2. The van der Waals surface area contributed by atoms with Crippen molar-refractivity contribution in [3.8, 4) is 11.1 Å². The van der Waals surface area contributed by atoms with Gasteiger partial charge >= 0.3 is 11.9 Å². The molecule has 164 valence electrons. The largest absolute Gasteiger partial charge is 0.462 e. The Kier molecular flexibility index (Phi) is 6.35. The van der Waals surface area contributed by atoms with E-state index in [1.165, 1.54) is 12.1 Å². The van der Waals surface area contributed by atoms with Gasteiger partial charge in [0.2, 0.25) is 0 Å². The summed E-state index contributed by atoms with van der Waals surface area (Å²) in [6, 6.07) is 5.88. The second kappa shape index (κ2) is 9.16. The summed E-state index contributed by atoms with van der Waals surface area (Å²) < 4.78 is 24.5. The fourth-order valence-corrected chi connectivity index (χ4v) is 4.30. The first-order valence-corrected chi connectivity index (χ1v) is 11.2. The number of hydrogen-bond donors (Lipinski definition) is 0. The lowest BCUT2D eigenvalue weighted by Gasteiger charge is -2.33. The van der Waals surface area contributed by atoms with Crippen LogP contribution in [0, 0.1) is 5.82 Å². The highest BCUT2D eigenvalue weighted by Crippen LogP contribution is 2.46. The van der Waals surface area contributed by atoms with Crippen molar-refractivity contribution in [3.05, 3.63) is 52.6 Å². The predicted molar refractivity (Wildman–Crippen MR) is 115 cm³/mol. The zero-order valence-electron chi connectivity index (χ0n) is 18.1. The SMILES string of the molecule is CCOC(=O)c1c(C2CCC2)nc(C2CCC2)c(C(=O)OCC)c1-c1ccc(F)cc1. The topological polar surface area (TPSA) is 65.5 Å². The van der Waals surface area contributed by atoms with Crippen LogP contribution >= 0.6 is 0 Å². The molecule has 2 aliphatic carbocycles. The maximum atomic E-state index is 13.7. The second-order valence-electron chi connectivity index (χ2n) is 8.21. The Morgan fingerprint density at radius 3 is 1.68 bits per heavy atom. The van der Waals surface area contributed by atoms with E-state index < -0.39 is 11.9 Å². The van der Waals surface area contributed by atoms with E-state index in [4.69, 9.17) is 14.5 Å². The molecule has 4 rings (SSSR count). The molecule has 0 amide bonds. The molecular formula is C25H28FNO4. The number of nitrogens with zero attached hydrogens (tertiary/aromatic N) is 1. The number of halogens is 1. The molecule has 0 bridgehead atoms. The molecule has 1 aromatic carbocycles. The Bertz CT molecular complexity index is 924. The third-order valence-electron chi connectivity index (χ3n) is 6.33. The smallest absolute Gasteiger partial charge is 0.340 e. The maximum Gasteiger partial charge on any atom is 0.340 e. The molecule has 0 radical (unpaired) electrons. The number of carbonyl (C=O) groups is 2. The summed E-state index contributed by atoms with van der Waals surface area (Å²) in [4.78, 5) is 31.3. The molecule has 5 nitrogen and oxygen atoms in total. The van der Waals surface area contributed by atoms with Gasteiger partial charge in [-0.1, -0.05) is 25.0 Å². The summed E-state index contributed by atoms with van der Waals surface area (Å²) in [6.07, 6.45) is 5.96. The van der Waals surface area contributed by atoms with Crippen LogP contribution in [0.15, 0.2) is 24.3 Å². The Hall–Kier alpha value is -2.76. The number of ether oxygens (including phenoxy) is 2. The molecule has 0 saturated heterocycles. The molecular weight excluding hydrogens is 397 g/mol. The van der Waals surface area contributed by atoms with Crippen molar-refractivity contribution in [2.75, 3.05) is 13.2 Å². The molecule has 0 N–H and O–H groups in total. The van der Waals surface area contributed by atoms with Gasteiger partial charge in [0.25, 0.3) is 0 Å². The summed E-state index contributed by atoms with van der Waals surface area (Å²) in [7, 11) is 0. The van der Waals surface area contributed by atoms with Crippen molar-refractivity contribution in [3.63, 3.8) is 0 Å². The van der Waals surface area contributed by atoms with Gasteiger partial charge in [-0.3, -0.25) is 4.98 Å². The van der Waals surface area contributed by atoms with Crippen molar-refractivity contribution in [2.45, 2.75) is 64.2 Å². The maximum absolute atomic E-state index is 13.7. The summed E-state index contributed by atoms with van der Waals surface area (Å²) in [5.74, 6) is -1.06. The van der Waals surface area contributed by atoms with Crippen LogP contribution in [0.2, 0.25) is 0 Å². The van der Waals surface area contributed by atoms with Crippen molar-refractivity contribution in [1.29, 1.82) is 0 Å². The Morgan fingerprint density at radius 2 is 1.32 bits per heavy atom. The van der Waals surface area contributed by atoms with Gasteiger partial charge in [0.15, 0.2) is 0 Å². The van der Waals surface area contributed by atoms with Crippen LogP contribution in [0.25, 0.3) is 11.1 Å². The summed E-state index contributed by atoms with van der Waals surface area (Å²) in [5, 5.41) is 0. The first kappa shape index (κ1) is 21.5. The van der Waals surface area contributed by atoms with Gasteiger partial charge in [0.1, 0.15) is 5.82 Å². The second-order valence-corrected chi connectivity index (χ2v) is 8.21. The molecule has 2 fully saturated rings. The highest BCUT2D eigenvalue weighted by atomic mass is 19.1. The molecule has 0 unspecified atom stereocenters. The Morgan fingerprint density at radius 1 is 0.871 bits per heavy atom. The average Bonchev–Trinajstić information content (AvgIpc) is 2.66. The van der Waals surface area contributed by atoms with Gasteiger partial charge < -0.3 is 9.47 Å². The summed E-state index contributed by atoms with van der Waals surface area (Å²) >= 11 is 0. The van der Waals surface area contributed by atoms with E-state index in [0.29, 0.717) is 33.6 Å². The molecule has 0 spiro atoms. The number of aromatic nitrogens is 1. The van der Waals surface area contributed by atoms with Gasteiger partial charge in [0, 0.05) is 17.4 Å². The zero-order valence-corrected chi connectivity index (χ0v) is 18.1. The van der Waals surface area contributed by atoms with Crippen molar-refractivity contribution >= 4 is 11.9 Å². The van der Waals surface area contributed by atoms with E-state index >= 15 is 0 Å². The van der Waals surface area contributed by atoms with Crippen LogP contribution in [0.5, 0.6) is 0 Å². The monoisotopic (exact) mass is 425 g/mol. The quantitative estimate of drug-likeness (QED) is 0.527. The van der Waals surface area contributed by atoms with Crippen LogP contribution in [0.3, 0.4) is 0 Å². The lowest BCUT2D eigenvalue weighted by Crippen LogP contribution is -2.25. The number of benzene rings is 1. The van der Waals surface area contributed by atoms with Crippen molar-refractivity contribution in [2.24, 2.45) is 0 Å². The van der Waals surface area contributed by atoms with Gasteiger partial charge in [-0.2, -0.15) is 0 Å². The fraction of sp³-hybridized carbons (Fsp3) is 0.480. The minimum absolute atomic E-state index is 0.161. The minimum atomic E-state index is -0.498. The van der Waals surface area contributed by atoms with E-state index in [1.54, 1.807) is 26.0 Å². The highest BCUT2D eigenvalue weighted by Gasteiger charge is 2.37. The fourth-order valence-electron chi connectivity index (χ4n) is 4.30. The summed E-state index contributed by atoms with van der Waals surface area (Å²) in [6.45, 7) is 3.93. The Balaban J connectivity index is 2.04. The zero-order chi connectivity index (χ0) is 22.0. The van der Waals surface area contributed by atoms with E-state index in [-0.39, 0.29) is 30.9 Å². The third-order valence-corrected chi connectivity index (χ3v) is 6.33. The molecule has 2 saturated carbocycles. The number of rotatable bonds is 7. The van der Waals surface area contributed by atoms with Crippen LogP contribution in [0.1, 0.15) is 96.3 Å². The Labute approximate surface area is 182 Å². The molecule has 1 heterocycles. The lowest BCUT2D eigenvalue weighted by atomic mass is 9.75. The number of pyridine rings is 1. The number of carbonyl (C=O) groups excluding carboxylic acids is 2. The van der Waals surface area contributed by atoms with E-state index in [9.17, 15) is 14.0 Å². The van der Waals surface area contributed by atoms with Crippen molar-refractivity contribution in [1.82, 2.24) is 4.98 Å². The number of hydrogen-bond acceptors (Lipinski definition) is 5. The lowest BCUT2D eigenvalue weighted by molar-refractivity contribution is 0.0522. The van der Waals surface area contributed by atoms with Crippen molar-refractivity contribution < 1.29 is 23.5 Å². The summed E-state index contributed by atoms with van der Waals surface area (Å²) in [5.41, 5.74) is 3.12. The molecule has 0 atom stereocenters. The molecule has 31 heavy (non-hydrogen) atoms. The van der Waals surface area contributed by atoms with E-state index in [0.717, 1.165) is 38.5 Å². The molecule has 2 aliphatic rings. The first-order chi connectivity index (χ1) is 15.0. The highest BCUT2D eigenvalue weighted by molar-refractivity contribution is 6.07. The molecule has 1 aromatic heterocycles. The van der Waals surface area contributed by atoms with Crippen LogP contribution in [-0.2, 0) is 9.47 Å². The van der Waals surface area contributed by atoms with E-state index in [2.05, 4.69) is 0 Å². The van der Waals surface area contributed by atoms with Gasteiger partial charge in [0.05, 0.1) is 35.7 Å². The normalized spacial score (nSPS) is 16.4. The van der Waals surface area contributed by atoms with Gasteiger partial charge in [-0.25, -0.2) is 14.0 Å². The standard InChI is InChI=1S/C25H28FNO4/c1-3-30-24(28)20-19(15-11-13-18(26)14-12-15)21(25(29)31-4-2)23(17-9-6-10-17)27-22(20)16-7-5-8-16/h11-14,16-17H,3-10H2,1-2H3. The van der Waals surface area contributed by atoms with Gasteiger partial charge in [-0.15, -0.1) is 0 Å². The molecule has 6 heteroatoms. The number of esters is 2. The third kappa shape index (κ3) is 4.08. The van der Waals surface area contributed by atoms with E-state index in [1.807, 2.05) is 0 Å². The van der Waals surface area contributed by atoms with Crippen LogP contribution in [0.4, 0.5) is 4.39 Å². The predicted octanol–water partition coefficient (Wildman–Crippen LogP) is 5.78. The molecule has 0 aliphatic heterocycles. The minimum Gasteiger partial charge on any atom is -0.462 e. The van der Waals surface area contributed by atoms with Crippen LogP contribution < -0.4 is 0 Å². The molecule has 2 aromatic rings.